The molecular formula is C12H22N2O4. The van der Waals surface area contributed by atoms with E-state index < -0.39 is 11.9 Å². The van der Waals surface area contributed by atoms with Gasteiger partial charge < -0.3 is 15.2 Å². The molecule has 1 rings (SSSR count). The zero-order valence-electron chi connectivity index (χ0n) is 11.4. The maximum atomic E-state index is 11.8. The number of likely N-dealkylation sites (N-methyl/N-ethyl adjacent to an activating group) is 1. The first-order valence-corrected chi connectivity index (χ1v) is 6.02. The minimum Gasteiger partial charge on any atom is -0.481 e. The van der Waals surface area contributed by atoms with Gasteiger partial charge in [0, 0.05) is 11.6 Å². The van der Waals surface area contributed by atoms with Gasteiger partial charge >= 0.3 is 5.97 Å². The van der Waals surface area contributed by atoms with E-state index in [4.69, 9.17) is 9.84 Å². The quantitative estimate of drug-likeness (QED) is 0.738. The molecule has 2 atom stereocenters. The Morgan fingerprint density at radius 1 is 1.39 bits per heavy atom. The van der Waals surface area contributed by atoms with Gasteiger partial charge in [0.2, 0.25) is 5.91 Å². The number of carbonyl (C=O) groups excluding carboxylic acids is 1. The van der Waals surface area contributed by atoms with E-state index >= 15 is 0 Å². The van der Waals surface area contributed by atoms with Crippen LogP contribution >= 0.6 is 0 Å². The van der Waals surface area contributed by atoms with E-state index in [9.17, 15) is 9.59 Å². The fourth-order valence-corrected chi connectivity index (χ4v) is 2.01. The maximum Gasteiger partial charge on any atom is 0.310 e. The average molecular weight is 258 g/mol. The van der Waals surface area contributed by atoms with Gasteiger partial charge in [-0.15, -0.1) is 0 Å². The smallest absolute Gasteiger partial charge is 0.310 e. The maximum absolute atomic E-state index is 11.8. The number of carboxylic acids is 1. The summed E-state index contributed by atoms with van der Waals surface area (Å²) in [6, 6.07) is -0.242. The summed E-state index contributed by atoms with van der Waals surface area (Å²) >= 11 is 0. The molecule has 1 amide bonds. The molecule has 0 spiro atoms. The largest absolute Gasteiger partial charge is 0.481 e. The topological polar surface area (TPSA) is 78.9 Å². The van der Waals surface area contributed by atoms with Crippen LogP contribution in [-0.2, 0) is 14.3 Å². The van der Waals surface area contributed by atoms with Crippen LogP contribution in [0.25, 0.3) is 0 Å². The predicted octanol–water partition coefficient (Wildman–Crippen LogP) is -0.0675. The summed E-state index contributed by atoms with van der Waals surface area (Å²) in [4.78, 5) is 24.5. The molecule has 0 aromatic rings. The van der Waals surface area contributed by atoms with Crippen LogP contribution in [0.4, 0.5) is 0 Å². The molecule has 0 saturated carbocycles. The van der Waals surface area contributed by atoms with Gasteiger partial charge in [0.15, 0.2) is 0 Å². The minimum atomic E-state index is -0.874. The van der Waals surface area contributed by atoms with Crippen molar-refractivity contribution < 1.29 is 19.4 Å². The van der Waals surface area contributed by atoms with Crippen molar-refractivity contribution in [3.63, 3.8) is 0 Å². The van der Waals surface area contributed by atoms with Gasteiger partial charge in [0.1, 0.15) is 0 Å². The fourth-order valence-electron chi connectivity index (χ4n) is 2.01. The van der Waals surface area contributed by atoms with Gasteiger partial charge in [-0.1, -0.05) is 0 Å². The van der Waals surface area contributed by atoms with Crippen molar-refractivity contribution >= 4 is 11.9 Å². The number of hydrogen-bond donors (Lipinski definition) is 2. The van der Waals surface area contributed by atoms with E-state index in [1.165, 1.54) is 0 Å². The molecule has 1 saturated heterocycles. The second kappa shape index (κ2) is 5.67. The monoisotopic (exact) mass is 258 g/mol. The highest BCUT2D eigenvalue weighted by atomic mass is 16.5. The SMILES string of the molecule is CN(CC(=O)NC(C)(C)C)C1COCC1C(=O)O. The van der Waals surface area contributed by atoms with E-state index in [0.29, 0.717) is 6.61 Å². The van der Waals surface area contributed by atoms with Crippen molar-refractivity contribution in [2.45, 2.75) is 32.4 Å². The Hall–Kier alpha value is -1.14. The Balaban J connectivity index is 2.52. The first-order valence-electron chi connectivity index (χ1n) is 6.02. The molecule has 0 aromatic heterocycles. The Labute approximate surface area is 107 Å². The Kier molecular flexibility index (Phi) is 4.70. The molecule has 1 aliphatic heterocycles. The van der Waals surface area contributed by atoms with Gasteiger partial charge in [0.05, 0.1) is 25.7 Å². The second-order valence-electron chi connectivity index (χ2n) is 5.76. The van der Waals surface area contributed by atoms with Crippen LogP contribution in [0.5, 0.6) is 0 Å². The number of ether oxygens (including phenoxy) is 1. The minimum absolute atomic E-state index is 0.110. The number of rotatable bonds is 4. The van der Waals surface area contributed by atoms with Crippen LogP contribution in [0, 0.1) is 5.92 Å². The van der Waals surface area contributed by atoms with Gasteiger partial charge in [0.25, 0.3) is 0 Å². The lowest BCUT2D eigenvalue weighted by Crippen LogP contribution is -2.49. The molecule has 1 fully saturated rings. The van der Waals surface area contributed by atoms with E-state index in [0.717, 1.165) is 0 Å². The second-order valence-corrected chi connectivity index (χ2v) is 5.76. The van der Waals surface area contributed by atoms with Crippen molar-refractivity contribution in [3.05, 3.63) is 0 Å². The third-order valence-corrected chi connectivity index (χ3v) is 2.84. The summed E-state index contributed by atoms with van der Waals surface area (Å²) in [7, 11) is 1.75. The summed E-state index contributed by atoms with van der Waals surface area (Å²) in [6.45, 7) is 6.47. The highest BCUT2D eigenvalue weighted by molar-refractivity contribution is 5.79. The summed E-state index contributed by atoms with van der Waals surface area (Å²) in [5.74, 6) is -1.54. The zero-order valence-corrected chi connectivity index (χ0v) is 11.4. The van der Waals surface area contributed by atoms with Crippen LogP contribution in [0.2, 0.25) is 0 Å². The Morgan fingerprint density at radius 3 is 2.50 bits per heavy atom. The molecule has 1 heterocycles. The summed E-state index contributed by atoms with van der Waals surface area (Å²) in [5, 5.41) is 11.9. The third-order valence-electron chi connectivity index (χ3n) is 2.84. The molecule has 2 N–H and O–H groups in total. The van der Waals surface area contributed by atoms with Crippen LogP contribution in [0.15, 0.2) is 0 Å². The number of amides is 1. The highest BCUT2D eigenvalue weighted by Crippen LogP contribution is 2.18. The van der Waals surface area contributed by atoms with Crippen LogP contribution in [0.1, 0.15) is 20.8 Å². The molecule has 2 unspecified atom stereocenters. The van der Waals surface area contributed by atoms with E-state index in [2.05, 4.69) is 5.32 Å². The van der Waals surface area contributed by atoms with Crippen molar-refractivity contribution in [2.75, 3.05) is 26.8 Å². The first-order chi connectivity index (χ1) is 8.20. The standard InChI is InChI=1S/C12H22N2O4/c1-12(2,3)13-10(15)5-14(4)9-7-18-6-8(9)11(16)17/h8-9H,5-7H2,1-4H3,(H,13,15)(H,16,17). The molecule has 0 aromatic carbocycles. The molecule has 0 aliphatic carbocycles. The number of nitrogens with zero attached hydrogens (tertiary/aromatic N) is 1. The molecule has 0 bridgehead atoms. The highest BCUT2D eigenvalue weighted by Gasteiger charge is 2.37. The molecule has 1 aliphatic rings. The molecule has 18 heavy (non-hydrogen) atoms. The predicted molar refractivity (Wildman–Crippen MR) is 66.3 cm³/mol. The van der Waals surface area contributed by atoms with Crippen LogP contribution in [-0.4, -0.2) is 60.3 Å². The van der Waals surface area contributed by atoms with E-state index in [-0.39, 0.29) is 30.6 Å². The fraction of sp³-hybridized carbons (Fsp3) is 0.833. The van der Waals surface area contributed by atoms with Crippen molar-refractivity contribution in [1.29, 1.82) is 0 Å². The molecule has 104 valence electrons. The molecule has 6 heteroatoms. The van der Waals surface area contributed by atoms with Crippen LogP contribution < -0.4 is 5.32 Å². The lowest BCUT2D eigenvalue weighted by Gasteiger charge is -2.27. The number of carboxylic acid groups (broad SMARTS) is 1. The molecule has 0 radical (unpaired) electrons. The van der Waals surface area contributed by atoms with Gasteiger partial charge in [-0.3, -0.25) is 14.5 Å². The normalized spacial score (nSPS) is 24.3. The third kappa shape index (κ3) is 4.27. The summed E-state index contributed by atoms with van der Waals surface area (Å²) in [5.41, 5.74) is -0.281. The summed E-state index contributed by atoms with van der Waals surface area (Å²) in [6.07, 6.45) is 0. The number of hydrogen-bond acceptors (Lipinski definition) is 4. The van der Waals surface area contributed by atoms with Gasteiger partial charge in [-0.25, -0.2) is 0 Å². The van der Waals surface area contributed by atoms with Crippen molar-refractivity contribution in [1.82, 2.24) is 10.2 Å². The van der Waals surface area contributed by atoms with E-state index in [1.54, 1.807) is 11.9 Å². The lowest BCUT2D eigenvalue weighted by molar-refractivity contribution is -0.143. The Bertz CT molecular complexity index is 325. The van der Waals surface area contributed by atoms with Crippen molar-refractivity contribution in [2.24, 2.45) is 5.92 Å². The number of aliphatic carboxylic acids is 1. The van der Waals surface area contributed by atoms with Gasteiger partial charge in [-0.05, 0) is 27.8 Å². The Morgan fingerprint density at radius 2 is 2.00 bits per heavy atom. The molecule has 6 nitrogen and oxygen atoms in total. The first kappa shape index (κ1) is 14.9. The lowest BCUT2D eigenvalue weighted by atomic mass is 10.0. The number of carbonyl (C=O) groups is 2. The van der Waals surface area contributed by atoms with Crippen LogP contribution in [0.3, 0.4) is 0 Å². The summed E-state index contributed by atoms with van der Waals surface area (Å²) < 4.78 is 5.18. The zero-order chi connectivity index (χ0) is 13.9. The number of nitrogens with one attached hydrogen (secondary N) is 1. The van der Waals surface area contributed by atoms with Crippen molar-refractivity contribution in [3.8, 4) is 0 Å². The average Bonchev–Trinajstić information content (AvgIpc) is 2.61. The van der Waals surface area contributed by atoms with E-state index in [1.807, 2.05) is 20.8 Å². The molecular weight excluding hydrogens is 236 g/mol. The van der Waals surface area contributed by atoms with Gasteiger partial charge in [-0.2, -0.15) is 0 Å².